The number of benzene rings is 1. The van der Waals surface area contributed by atoms with Gasteiger partial charge in [0.2, 0.25) is 5.91 Å². The lowest BCUT2D eigenvalue weighted by Gasteiger charge is -2.30. The summed E-state index contributed by atoms with van der Waals surface area (Å²) in [4.78, 5) is 28.8. The molecule has 142 valence electrons. The smallest absolute Gasteiger partial charge is 0.253 e. The summed E-state index contributed by atoms with van der Waals surface area (Å²) in [5.74, 6) is 2.17. The number of rotatable bonds is 4. The van der Waals surface area contributed by atoms with E-state index in [1.165, 1.54) is 0 Å². The maximum Gasteiger partial charge on any atom is 0.253 e. The van der Waals surface area contributed by atoms with E-state index in [0.717, 1.165) is 42.8 Å². The number of hydrogen-bond acceptors (Lipinski definition) is 4. The number of likely N-dealkylation sites (tertiary alicyclic amines) is 1. The van der Waals surface area contributed by atoms with Crippen molar-refractivity contribution in [2.24, 2.45) is 5.92 Å². The largest absolute Gasteiger partial charge is 0.467 e. The maximum atomic E-state index is 12.7. The normalized spacial score (nSPS) is 21.1. The molecule has 4 rings (SSSR count). The van der Waals surface area contributed by atoms with Gasteiger partial charge in [0.05, 0.1) is 18.6 Å². The standard InChI is InChI=1S/C21H24N2O3S/c1-15-8-10-22(11-9-15)20(25)16-4-6-17(7-5-16)21-23(19(24)14-27-21)13-18-3-2-12-26-18/h2-7,12,15,21H,8-11,13-14H2,1H3/t21-/m0/s1. The van der Waals surface area contributed by atoms with Gasteiger partial charge >= 0.3 is 0 Å². The summed E-state index contributed by atoms with van der Waals surface area (Å²) >= 11 is 1.62. The summed E-state index contributed by atoms with van der Waals surface area (Å²) in [6.45, 7) is 4.39. The van der Waals surface area contributed by atoms with Crippen LogP contribution >= 0.6 is 11.8 Å². The lowest BCUT2D eigenvalue weighted by molar-refractivity contribution is -0.128. The molecule has 0 spiro atoms. The number of thioether (sulfide) groups is 1. The second-order valence-corrected chi connectivity index (χ2v) is 8.43. The Morgan fingerprint density at radius 2 is 1.93 bits per heavy atom. The minimum absolute atomic E-state index is 0.0393. The summed E-state index contributed by atoms with van der Waals surface area (Å²) in [5, 5.41) is -0.0393. The number of piperidine rings is 1. The third-order valence-corrected chi connectivity index (χ3v) is 6.64. The number of carbonyl (C=O) groups is 2. The van der Waals surface area contributed by atoms with Gasteiger partial charge in [-0.15, -0.1) is 11.8 Å². The fourth-order valence-corrected chi connectivity index (χ4v) is 4.84. The molecule has 1 aromatic carbocycles. The fraction of sp³-hybridized carbons (Fsp3) is 0.429. The zero-order valence-electron chi connectivity index (χ0n) is 15.5. The van der Waals surface area contributed by atoms with E-state index in [2.05, 4.69) is 6.92 Å². The second kappa shape index (κ2) is 7.80. The quantitative estimate of drug-likeness (QED) is 0.802. The molecular formula is C21H24N2O3S. The van der Waals surface area contributed by atoms with Gasteiger partial charge in [0.1, 0.15) is 11.1 Å². The maximum absolute atomic E-state index is 12.7. The van der Waals surface area contributed by atoms with Crippen molar-refractivity contribution in [3.05, 3.63) is 59.5 Å². The van der Waals surface area contributed by atoms with Crippen LogP contribution in [0.25, 0.3) is 0 Å². The molecule has 0 radical (unpaired) electrons. The van der Waals surface area contributed by atoms with Gasteiger partial charge < -0.3 is 14.2 Å². The van der Waals surface area contributed by atoms with Crippen molar-refractivity contribution in [1.82, 2.24) is 9.80 Å². The van der Waals surface area contributed by atoms with Crippen molar-refractivity contribution >= 4 is 23.6 Å². The first-order chi connectivity index (χ1) is 13.1. The molecule has 3 heterocycles. The van der Waals surface area contributed by atoms with Gasteiger partial charge in [-0.05, 0) is 48.6 Å². The van der Waals surface area contributed by atoms with E-state index in [0.29, 0.717) is 18.2 Å². The molecular weight excluding hydrogens is 360 g/mol. The summed E-state index contributed by atoms with van der Waals surface area (Å²) in [5.41, 5.74) is 1.77. The van der Waals surface area contributed by atoms with Crippen LogP contribution < -0.4 is 0 Å². The van der Waals surface area contributed by atoms with Gasteiger partial charge in [-0.3, -0.25) is 9.59 Å². The highest BCUT2D eigenvalue weighted by molar-refractivity contribution is 8.00. The van der Waals surface area contributed by atoms with Crippen LogP contribution in [0.2, 0.25) is 0 Å². The van der Waals surface area contributed by atoms with Gasteiger partial charge in [-0.25, -0.2) is 0 Å². The molecule has 0 bridgehead atoms. The van der Waals surface area contributed by atoms with Crippen LogP contribution in [-0.2, 0) is 11.3 Å². The summed E-state index contributed by atoms with van der Waals surface area (Å²) in [6.07, 6.45) is 3.78. The predicted molar refractivity (Wildman–Crippen MR) is 105 cm³/mol. The minimum Gasteiger partial charge on any atom is -0.467 e. The molecule has 6 heteroatoms. The van der Waals surface area contributed by atoms with E-state index >= 15 is 0 Å². The van der Waals surface area contributed by atoms with Crippen LogP contribution in [0.1, 0.15) is 46.8 Å². The van der Waals surface area contributed by atoms with Gasteiger partial charge in [0.15, 0.2) is 0 Å². The van der Waals surface area contributed by atoms with Crippen LogP contribution in [-0.4, -0.2) is 40.5 Å². The zero-order valence-corrected chi connectivity index (χ0v) is 16.3. The third kappa shape index (κ3) is 3.90. The van der Waals surface area contributed by atoms with E-state index in [1.54, 1.807) is 18.0 Å². The third-order valence-electron chi connectivity index (χ3n) is 5.39. The first kappa shape index (κ1) is 18.2. The SMILES string of the molecule is CC1CCN(C(=O)c2ccc([C@@H]3SCC(=O)N3Cc3ccco3)cc2)CC1. The number of nitrogens with zero attached hydrogens (tertiary/aromatic N) is 2. The highest BCUT2D eigenvalue weighted by Gasteiger charge is 2.33. The van der Waals surface area contributed by atoms with E-state index in [1.807, 2.05) is 46.2 Å². The zero-order chi connectivity index (χ0) is 18.8. The summed E-state index contributed by atoms with van der Waals surface area (Å²) in [7, 11) is 0. The lowest BCUT2D eigenvalue weighted by Crippen LogP contribution is -2.37. The molecule has 2 fully saturated rings. The first-order valence-corrected chi connectivity index (χ1v) is 10.5. The van der Waals surface area contributed by atoms with Crippen LogP contribution in [0, 0.1) is 5.92 Å². The molecule has 27 heavy (non-hydrogen) atoms. The topological polar surface area (TPSA) is 53.8 Å². The van der Waals surface area contributed by atoms with E-state index in [9.17, 15) is 9.59 Å². The number of furan rings is 1. The highest BCUT2D eigenvalue weighted by atomic mass is 32.2. The van der Waals surface area contributed by atoms with E-state index in [-0.39, 0.29) is 17.2 Å². The molecule has 2 aromatic rings. The molecule has 2 amide bonds. The van der Waals surface area contributed by atoms with Gasteiger partial charge in [-0.2, -0.15) is 0 Å². The Kier molecular flexibility index (Phi) is 5.25. The van der Waals surface area contributed by atoms with Crippen molar-refractivity contribution in [2.45, 2.75) is 31.7 Å². The number of carbonyl (C=O) groups excluding carboxylic acids is 2. The average Bonchev–Trinajstić information content (AvgIpc) is 3.33. The molecule has 0 saturated carbocycles. The molecule has 0 aliphatic carbocycles. The minimum atomic E-state index is -0.0393. The van der Waals surface area contributed by atoms with Crippen molar-refractivity contribution in [3.8, 4) is 0 Å². The molecule has 5 nitrogen and oxygen atoms in total. The molecule has 0 N–H and O–H groups in total. The van der Waals surface area contributed by atoms with Crippen molar-refractivity contribution in [1.29, 1.82) is 0 Å². The molecule has 2 saturated heterocycles. The van der Waals surface area contributed by atoms with Crippen LogP contribution in [0.4, 0.5) is 0 Å². The summed E-state index contributed by atoms with van der Waals surface area (Å²) in [6, 6.07) is 11.5. The van der Waals surface area contributed by atoms with Crippen LogP contribution in [0.15, 0.2) is 47.1 Å². The lowest BCUT2D eigenvalue weighted by atomic mass is 9.98. The fourth-order valence-electron chi connectivity index (χ4n) is 3.66. The van der Waals surface area contributed by atoms with E-state index < -0.39 is 0 Å². The number of amides is 2. The molecule has 2 aliphatic rings. The predicted octanol–water partition coefficient (Wildman–Crippen LogP) is 3.93. The van der Waals surface area contributed by atoms with Crippen molar-refractivity contribution in [3.63, 3.8) is 0 Å². The number of hydrogen-bond donors (Lipinski definition) is 0. The van der Waals surface area contributed by atoms with Gasteiger partial charge in [0, 0.05) is 18.7 Å². The Morgan fingerprint density at radius 3 is 2.59 bits per heavy atom. The molecule has 0 unspecified atom stereocenters. The second-order valence-electron chi connectivity index (χ2n) is 7.36. The monoisotopic (exact) mass is 384 g/mol. The Balaban J connectivity index is 1.46. The first-order valence-electron chi connectivity index (χ1n) is 9.44. The van der Waals surface area contributed by atoms with Gasteiger partial charge in [-0.1, -0.05) is 19.1 Å². The Hall–Kier alpha value is -2.21. The molecule has 2 aliphatic heterocycles. The summed E-state index contributed by atoms with van der Waals surface area (Å²) < 4.78 is 5.40. The average molecular weight is 385 g/mol. The molecule has 1 atom stereocenters. The van der Waals surface area contributed by atoms with Gasteiger partial charge in [0.25, 0.3) is 5.91 Å². The Bertz CT molecular complexity index is 795. The Morgan fingerprint density at radius 1 is 1.19 bits per heavy atom. The van der Waals surface area contributed by atoms with Crippen LogP contribution in [0.5, 0.6) is 0 Å². The Labute approximate surface area is 163 Å². The van der Waals surface area contributed by atoms with E-state index in [4.69, 9.17) is 4.42 Å². The van der Waals surface area contributed by atoms with Crippen LogP contribution in [0.3, 0.4) is 0 Å². The van der Waals surface area contributed by atoms with Crippen molar-refractivity contribution in [2.75, 3.05) is 18.8 Å². The molecule has 1 aromatic heterocycles. The van der Waals surface area contributed by atoms with Crippen molar-refractivity contribution < 1.29 is 14.0 Å². The highest BCUT2D eigenvalue weighted by Crippen LogP contribution is 2.39.